The molecule has 2 rings (SSSR count). The first-order valence-electron chi connectivity index (χ1n) is 8.90. The molecule has 1 aliphatic rings. The van der Waals surface area contributed by atoms with Crippen molar-refractivity contribution in [1.82, 2.24) is 0 Å². The third-order valence-corrected chi connectivity index (χ3v) is 3.97. The van der Waals surface area contributed by atoms with Crippen molar-refractivity contribution < 1.29 is 45.8 Å². The molecule has 29 heavy (non-hydrogen) atoms. The summed E-state index contributed by atoms with van der Waals surface area (Å²) < 4.78 is 79.9. The first-order valence-corrected chi connectivity index (χ1v) is 8.90. The van der Waals surface area contributed by atoms with Crippen molar-refractivity contribution in [3.63, 3.8) is 0 Å². The Balaban J connectivity index is 0.00000204. The van der Waals surface area contributed by atoms with Crippen LogP contribution in [0.2, 0.25) is 0 Å². The lowest BCUT2D eigenvalue weighted by Crippen LogP contribution is -2.24. The zero-order valence-electron chi connectivity index (χ0n) is 16.1. The Morgan fingerprint density at radius 2 is 1.45 bits per heavy atom. The van der Waals surface area contributed by atoms with Crippen molar-refractivity contribution in [1.29, 1.82) is 0 Å². The molecule has 0 N–H and O–H groups in total. The van der Waals surface area contributed by atoms with Crippen molar-refractivity contribution in [2.24, 2.45) is 5.92 Å². The Labute approximate surface area is 164 Å². The van der Waals surface area contributed by atoms with Gasteiger partial charge in [0.2, 0.25) is 34.8 Å². The molecule has 1 aliphatic carbocycles. The molecule has 0 fully saturated rings. The van der Waals surface area contributed by atoms with Gasteiger partial charge in [-0.25, -0.2) is 18.0 Å². The van der Waals surface area contributed by atoms with Gasteiger partial charge < -0.3 is 14.2 Å². The van der Waals surface area contributed by atoms with Gasteiger partial charge >= 0.3 is 12.1 Å². The summed E-state index contributed by atoms with van der Waals surface area (Å²) in [5.41, 5.74) is 0. The van der Waals surface area contributed by atoms with E-state index in [4.69, 9.17) is 4.74 Å². The topological polar surface area (TPSA) is 61.8 Å². The molecule has 0 aliphatic heterocycles. The van der Waals surface area contributed by atoms with E-state index in [1.165, 1.54) is 13.2 Å². The summed E-state index contributed by atoms with van der Waals surface area (Å²) in [6.45, 7) is 4.00. The van der Waals surface area contributed by atoms with E-state index in [1.807, 2.05) is 13.8 Å². The monoisotopic (exact) mass is 424 g/mol. The second-order valence-electron chi connectivity index (χ2n) is 5.71. The zero-order valence-corrected chi connectivity index (χ0v) is 16.1. The number of carbonyl (C=O) groups excluding carboxylic acids is 2. The second-order valence-corrected chi connectivity index (χ2v) is 5.71. The third-order valence-electron chi connectivity index (χ3n) is 3.97. The Hall–Kier alpha value is -2.65. The average molecular weight is 424 g/mol. The molecule has 1 unspecified atom stereocenters. The summed E-state index contributed by atoms with van der Waals surface area (Å²) in [4.78, 5) is 23.3. The molecule has 2 atom stereocenters. The number of benzene rings is 1. The Morgan fingerprint density at radius 1 is 0.897 bits per heavy atom. The smallest absolute Gasteiger partial charge is 0.469 e. The highest BCUT2D eigenvalue weighted by Gasteiger charge is 2.30. The summed E-state index contributed by atoms with van der Waals surface area (Å²) in [5, 5.41) is 0. The second kappa shape index (κ2) is 11.4. The van der Waals surface area contributed by atoms with Gasteiger partial charge in [-0.2, -0.15) is 8.78 Å². The van der Waals surface area contributed by atoms with Gasteiger partial charge in [-0.1, -0.05) is 19.9 Å². The molecule has 5 nitrogen and oxygen atoms in total. The van der Waals surface area contributed by atoms with Gasteiger partial charge in [-0.05, 0) is 31.8 Å². The van der Waals surface area contributed by atoms with E-state index < -0.39 is 59.0 Å². The van der Waals surface area contributed by atoms with Gasteiger partial charge in [0.25, 0.3) is 0 Å². The fraction of sp³-hybridized carbons (Fsp3) is 0.474. The van der Waals surface area contributed by atoms with Crippen LogP contribution in [0, 0.1) is 35.0 Å². The van der Waals surface area contributed by atoms with Gasteiger partial charge in [0, 0.05) is 0 Å². The molecular formula is C19H21F5O5. The summed E-state index contributed by atoms with van der Waals surface area (Å²) in [7, 11) is 1.24. The highest BCUT2D eigenvalue weighted by Crippen LogP contribution is 2.30. The molecule has 0 heterocycles. The van der Waals surface area contributed by atoms with Crippen LogP contribution in [0.3, 0.4) is 0 Å². The number of ether oxygens (including phenoxy) is 3. The Morgan fingerprint density at radius 3 is 2.00 bits per heavy atom. The fourth-order valence-electron chi connectivity index (χ4n) is 2.56. The van der Waals surface area contributed by atoms with Crippen molar-refractivity contribution in [2.75, 3.05) is 7.11 Å². The first-order chi connectivity index (χ1) is 13.8. The van der Waals surface area contributed by atoms with Crippen LogP contribution >= 0.6 is 0 Å². The highest BCUT2D eigenvalue weighted by atomic mass is 19.2. The van der Waals surface area contributed by atoms with E-state index in [0.717, 1.165) is 0 Å². The molecule has 0 amide bonds. The number of rotatable bonds is 3. The van der Waals surface area contributed by atoms with Crippen molar-refractivity contribution in [2.45, 2.75) is 45.6 Å². The minimum atomic E-state index is -2.37. The Bertz CT molecular complexity index is 737. The third kappa shape index (κ3) is 6.16. The molecule has 0 saturated heterocycles. The summed E-state index contributed by atoms with van der Waals surface area (Å²) >= 11 is 0. The average Bonchev–Trinajstić information content (AvgIpc) is 2.71. The highest BCUT2D eigenvalue weighted by molar-refractivity contribution is 5.72. The molecule has 0 spiro atoms. The minimum Gasteiger partial charge on any atom is -0.469 e. The van der Waals surface area contributed by atoms with E-state index >= 15 is 0 Å². The van der Waals surface area contributed by atoms with Crippen LogP contribution in [0.4, 0.5) is 26.7 Å². The number of methoxy groups -OCH3 is 1. The predicted octanol–water partition coefficient (Wildman–Crippen LogP) is 5.21. The number of esters is 1. The largest absolute Gasteiger partial charge is 0.514 e. The van der Waals surface area contributed by atoms with Crippen LogP contribution in [0.15, 0.2) is 12.2 Å². The van der Waals surface area contributed by atoms with E-state index in [9.17, 15) is 31.5 Å². The number of allylic oxidation sites excluding steroid dienone is 1. The number of hydrogen-bond donors (Lipinski definition) is 0. The van der Waals surface area contributed by atoms with Gasteiger partial charge in [0.05, 0.1) is 13.0 Å². The van der Waals surface area contributed by atoms with E-state index in [2.05, 4.69) is 9.47 Å². The number of hydrogen-bond acceptors (Lipinski definition) is 5. The normalized spacial score (nSPS) is 19.7. The van der Waals surface area contributed by atoms with Gasteiger partial charge in [0.1, 0.15) is 6.10 Å². The van der Waals surface area contributed by atoms with Crippen LogP contribution in [0.25, 0.3) is 0 Å². The van der Waals surface area contributed by atoms with Gasteiger partial charge in [0.15, 0.2) is 0 Å². The molecule has 1 aromatic carbocycles. The molecular weight excluding hydrogens is 403 g/mol. The van der Waals surface area contributed by atoms with E-state index in [1.54, 1.807) is 6.08 Å². The molecule has 10 heteroatoms. The molecule has 0 bridgehead atoms. The molecule has 0 radical (unpaired) electrons. The summed E-state index contributed by atoms with van der Waals surface area (Å²) in [6.07, 6.45) is 2.05. The van der Waals surface area contributed by atoms with Crippen LogP contribution in [-0.4, -0.2) is 25.3 Å². The maximum atomic E-state index is 13.5. The zero-order chi connectivity index (χ0) is 22.1. The lowest BCUT2D eigenvalue weighted by molar-refractivity contribution is -0.146. The van der Waals surface area contributed by atoms with Crippen LogP contribution in [0.1, 0.15) is 39.5 Å². The lowest BCUT2D eigenvalue weighted by atomic mass is 9.93. The maximum absolute atomic E-state index is 13.5. The van der Waals surface area contributed by atoms with Crippen LogP contribution in [-0.2, 0) is 14.3 Å². The molecule has 1 aromatic rings. The van der Waals surface area contributed by atoms with Crippen molar-refractivity contribution in [3.8, 4) is 5.75 Å². The van der Waals surface area contributed by atoms with Crippen LogP contribution < -0.4 is 4.74 Å². The SMILES string of the molecule is CC.COC(=O)[C@@H]1CC/C=C/C(OC(=O)Oc2c(F)c(F)c(F)c(F)c2F)CC1. The fourth-order valence-corrected chi connectivity index (χ4v) is 2.56. The molecule has 0 aromatic heterocycles. The van der Waals surface area contributed by atoms with Gasteiger partial charge in [-0.15, -0.1) is 0 Å². The van der Waals surface area contributed by atoms with E-state index in [-0.39, 0.29) is 6.42 Å². The van der Waals surface area contributed by atoms with Gasteiger partial charge in [-0.3, -0.25) is 4.79 Å². The molecule has 162 valence electrons. The van der Waals surface area contributed by atoms with Crippen molar-refractivity contribution in [3.05, 3.63) is 41.2 Å². The molecule has 0 saturated carbocycles. The Kier molecular flexibility index (Phi) is 9.57. The van der Waals surface area contributed by atoms with Crippen LogP contribution in [0.5, 0.6) is 5.75 Å². The number of halogens is 5. The maximum Gasteiger partial charge on any atom is 0.514 e. The lowest BCUT2D eigenvalue weighted by Gasteiger charge is -2.20. The minimum absolute atomic E-state index is 0.169. The standard InChI is InChI=1S/C17H15F5O5.C2H6/c1-25-16(23)8-4-2-3-5-9(7-6-8)26-17(24)27-15-13(21)11(19)10(18)12(20)14(15)22;1-2/h3,5,8-9H,2,4,6-7H2,1H3;1-2H3/b5-3+;/t8-,9?;/m1./s1. The first kappa shape index (κ1) is 24.4. The summed E-state index contributed by atoms with van der Waals surface area (Å²) in [5.74, 6) is -14.0. The quantitative estimate of drug-likeness (QED) is 0.166. The number of carbonyl (C=O) groups is 2. The predicted molar refractivity (Wildman–Crippen MR) is 91.6 cm³/mol. The van der Waals surface area contributed by atoms with E-state index in [0.29, 0.717) is 19.3 Å². The summed E-state index contributed by atoms with van der Waals surface area (Å²) in [6, 6.07) is 0. The van der Waals surface area contributed by atoms with Crippen molar-refractivity contribution >= 4 is 12.1 Å².